The Kier molecular flexibility index (Phi) is 9.95. The minimum atomic E-state index is 0.959. The summed E-state index contributed by atoms with van der Waals surface area (Å²) >= 11 is 3.46. The van der Waals surface area contributed by atoms with Crippen LogP contribution in [0.3, 0.4) is 0 Å². The molecule has 0 nitrogen and oxygen atoms in total. The van der Waals surface area contributed by atoms with Gasteiger partial charge in [-0.2, -0.15) is 0 Å². The molecule has 74 valence electrons. The van der Waals surface area contributed by atoms with Gasteiger partial charge in [-0.3, -0.25) is 0 Å². The first kappa shape index (κ1) is 12.5. The van der Waals surface area contributed by atoms with Gasteiger partial charge in [0, 0.05) is 5.33 Å². The van der Waals surface area contributed by atoms with E-state index in [0.29, 0.717) is 0 Å². The van der Waals surface area contributed by atoms with Crippen molar-refractivity contribution >= 4 is 15.9 Å². The molecule has 0 radical (unpaired) electrons. The van der Waals surface area contributed by atoms with Crippen molar-refractivity contribution in [2.75, 3.05) is 5.33 Å². The molecule has 0 aliphatic heterocycles. The van der Waals surface area contributed by atoms with Crippen molar-refractivity contribution in [1.82, 2.24) is 0 Å². The van der Waals surface area contributed by atoms with E-state index in [9.17, 15) is 0 Å². The second kappa shape index (κ2) is 9.57. The van der Waals surface area contributed by atoms with Gasteiger partial charge in [-0.1, -0.05) is 68.3 Å². The number of halogens is 1. The van der Waals surface area contributed by atoms with E-state index >= 15 is 0 Å². The summed E-state index contributed by atoms with van der Waals surface area (Å²) in [6.07, 6.45) is 9.82. The molecule has 0 rings (SSSR count). The molecule has 0 aromatic heterocycles. The van der Waals surface area contributed by atoms with Gasteiger partial charge in [0.05, 0.1) is 0 Å². The van der Waals surface area contributed by atoms with Crippen molar-refractivity contribution in [2.45, 2.75) is 58.8 Å². The second-order valence-corrected chi connectivity index (χ2v) is 4.58. The summed E-state index contributed by atoms with van der Waals surface area (Å²) in [7, 11) is 0. The van der Waals surface area contributed by atoms with E-state index < -0.39 is 0 Å². The van der Waals surface area contributed by atoms with Crippen LogP contribution in [0, 0.1) is 5.92 Å². The van der Waals surface area contributed by atoms with Crippen LogP contribution >= 0.6 is 15.9 Å². The molecule has 0 aromatic carbocycles. The van der Waals surface area contributed by atoms with Gasteiger partial charge in [0.25, 0.3) is 0 Å². The van der Waals surface area contributed by atoms with E-state index in [1.807, 2.05) is 0 Å². The van der Waals surface area contributed by atoms with Crippen LogP contribution < -0.4 is 0 Å². The molecule has 1 atom stereocenters. The number of unbranched alkanes of at least 4 members (excludes halogenated alkanes) is 3. The van der Waals surface area contributed by atoms with Crippen LogP contribution in [-0.4, -0.2) is 5.33 Å². The van der Waals surface area contributed by atoms with Gasteiger partial charge in [0.2, 0.25) is 0 Å². The van der Waals surface area contributed by atoms with Crippen molar-refractivity contribution < 1.29 is 0 Å². The summed E-state index contributed by atoms with van der Waals surface area (Å²) < 4.78 is 0. The summed E-state index contributed by atoms with van der Waals surface area (Å²) in [4.78, 5) is 0. The highest BCUT2D eigenvalue weighted by atomic mass is 79.9. The lowest BCUT2D eigenvalue weighted by molar-refractivity contribution is 0.449. The van der Waals surface area contributed by atoms with Crippen LogP contribution in [0.5, 0.6) is 0 Å². The summed E-state index contributed by atoms with van der Waals surface area (Å²) in [5.74, 6) is 0.959. The molecule has 0 bridgehead atoms. The van der Waals surface area contributed by atoms with Crippen LogP contribution in [0.4, 0.5) is 0 Å². The second-order valence-electron chi connectivity index (χ2n) is 3.79. The highest BCUT2D eigenvalue weighted by molar-refractivity contribution is 9.09. The molecule has 0 N–H and O–H groups in total. The zero-order valence-corrected chi connectivity index (χ0v) is 10.2. The lowest BCUT2D eigenvalue weighted by atomic mass is 9.98. The number of hydrogen-bond donors (Lipinski definition) is 0. The Hall–Kier alpha value is 0.480. The Morgan fingerprint density at radius 2 is 1.67 bits per heavy atom. The minimum Gasteiger partial charge on any atom is -0.0928 e. The van der Waals surface area contributed by atoms with Crippen LogP contribution in [0.1, 0.15) is 58.8 Å². The van der Waals surface area contributed by atoms with Gasteiger partial charge in [-0.25, -0.2) is 0 Å². The van der Waals surface area contributed by atoms with Crippen LogP contribution in [0.25, 0.3) is 0 Å². The van der Waals surface area contributed by atoms with E-state index in [1.54, 1.807) is 0 Å². The maximum atomic E-state index is 3.46. The maximum Gasteiger partial charge on any atom is 0.00313 e. The third-order valence-electron chi connectivity index (χ3n) is 2.38. The SMILES string of the molecule is CCCCC(C)CCCCCBr. The van der Waals surface area contributed by atoms with Crippen molar-refractivity contribution in [3.8, 4) is 0 Å². The smallest absolute Gasteiger partial charge is 0.00313 e. The average molecular weight is 235 g/mol. The fraction of sp³-hybridized carbons (Fsp3) is 1.00. The normalized spacial score (nSPS) is 13.2. The van der Waals surface area contributed by atoms with Crippen molar-refractivity contribution in [2.24, 2.45) is 5.92 Å². The molecule has 1 heteroatoms. The van der Waals surface area contributed by atoms with Crippen molar-refractivity contribution in [1.29, 1.82) is 0 Å². The largest absolute Gasteiger partial charge is 0.0928 e. The summed E-state index contributed by atoms with van der Waals surface area (Å²) in [5.41, 5.74) is 0. The topological polar surface area (TPSA) is 0 Å². The first-order valence-corrected chi connectivity index (χ1v) is 6.49. The molecule has 0 saturated heterocycles. The van der Waals surface area contributed by atoms with Gasteiger partial charge in [0.15, 0.2) is 0 Å². The van der Waals surface area contributed by atoms with Crippen molar-refractivity contribution in [3.05, 3.63) is 0 Å². The Morgan fingerprint density at radius 1 is 1.00 bits per heavy atom. The number of rotatable bonds is 8. The van der Waals surface area contributed by atoms with Crippen LogP contribution in [-0.2, 0) is 0 Å². The predicted octanol–water partition coefficient (Wildman–Crippen LogP) is 4.77. The lowest BCUT2D eigenvalue weighted by Crippen LogP contribution is -1.94. The highest BCUT2D eigenvalue weighted by Crippen LogP contribution is 2.15. The van der Waals surface area contributed by atoms with E-state index in [4.69, 9.17) is 0 Å². The third kappa shape index (κ3) is 8.58. The first-order valence-electron chi connectivity index (χ1n) is 5.37. The standard InChI is InChI=1S/C11H23Br/c1-3-4-8-11(2)9-6-5-7-10-12/h11H,3-10H2,1-2H3. The fourth-order valence-corrected chi connectivity index (χ4v) is 1.86. The number of hydrogen-bond acceptors (Lipinski definition) is 0. The molecule has 0 amide bonds. The Balaban J connectivity index is 3.02. The number of alkyl halides is 1. The average Bonchev–Trinajstić information content (AvgIpc) is 2.09. The van der Waals surface area contributed by atoms with E-state index in [1.165, 1.54) is 50.3 Å². The quantitative estimate of drug-likeness (QED) is 0.420. The van der Waals surface area contributed by atoms with Crippen molar-refractivity contribution in [3.63, 3.8) is 0 Å². The molecule has 0 fully saturated rings. The van der Waals surface area contributed by atoms with Crippen LogP contribution in [0.2, 0.25) is 0 Å². The molecule has 1 unspecified atom stereocenters. The van der Waals surface area contributed by atoms with E-state index in [-0.39, 0.29) is 0 Å². The van der Waals surface area contributed by atoms with E-state index in [2.05, 4.69) is 29.8 Å². The fourth-order valence-electron chi connectivity index (χ4n) is 1.46. The van der Waals surface area contributed by atoms with Gasteiger partial charge in [-0.15, -0.1) is 0 Å². The highest BCUT2D eigenvalue weighted by Gasteiger charge is 2.00. The third-order valence-corrected chi connectivity index (χ3v) is 2.94. The molecule has 12 heavy (non-hydrogen) atoms. The molecule has 0 aliphatic rings. The molecular formula is C11H23Br. The predicted molar refractivity (Wildman–Crippen MR) is 61.0 cm³/mol. The minimum absolute atomic E-state index is 0.959. The molecule has 0 aromatic rings. The Labute approximate surface area is 86.3 Å². The summed E-state index contributed by atoms with van der Waals surface area (Å²) in [5, 5.41) is 1.18. The Morgan fingerprint density at radius 3 is 2.25 bits per heavy atom. The monoisotopic (exact) mass is 234 g/mol. The van der Waals surface area contributed by atoms with Gasteiger partial charge in [0.1, 0.15) is 0 Å². The molecule has 0 saturated carbocycles. The van der Waals surface area contributed by atoms with E-state index in [0.717, 1.165) is 5.92 Å². The summed E-state index contributed by atoms with van der Waals surface area (Å²) in [6, 6.07) is 0. The first-order chi connectivity index (χ1) is 5.81. The Bertz CT molecular complexity index is 81.1. The van der Waals surface area contributed by atoms with Gasteiger partial charge >= 0.3 is 0 Å². The zero-order chi connectivity index (χ0) is 9.23. The van der Waals surface area contributed by atoms with Crippen LogP contribution in [0.15, 0.2) is 0 Å². The summed E-state index contributed by atoms with van der Waals surface area (Å²) in [6.45, 7) is 4.67. The molecular weight excluding hydrogens is 212 g/mol. The van der Waals surface area contributed by atoms with Gasteiger partial charge < -0.3 is 0 Å². The molecule has 0 heterocycles. The van der Waals surface area contributed by atoms with Gasteiger partial charge in [-0.05, 0) is 12.3 Å². The lowest BCUT2D eigenvalue weighted by Gasteiger charge is -2.09. The molecule has 0 aliphatic carbocycles. The maximum absolute atomic E-state index is 3.46. The molecule has 0 spiro atoms. The zero-order valence-electron chi connectivity index (χ0n) is 8.61.